The van der Waals surface area contributed by atoms with Crippen LogP contribution < -0.4 is 14.8 Å². The summed E-state index contributed by atoms with van der Waals surface area (Å²) in [7, 11) is 0. The first kappa shape index (κ1) is 24.7. The van der Waals surface area contributed by atoms with E-state index in [-0.39, 0.29) is 17.6 Å². The van der Waals surface area contributed by atoms with Crippen molar-refractivity contribution in [3.63, 3.8) is 0 Å². The van der Waals surface area contributed by atoms with E-state index in [1.807, 2.05) is 20.8 Å². The molecule has 1 aliphatic rings. The number of hydrogen-bond donors (Lipinski definition) is 1. The van der Waals surface area contributed by atoms with Gasteiger partial charge in [-0.25, -0.2) is 0 Å². The Hall–Kier alpha value is -2.97. The number of hydrogen-bond acceptors (Lipinski definition) is 6. The number of nitrogens with zero attached hydrogens (tertiary/aromatic N) is 1. The molecule has 1 saturated heterocycles. The summed E-state index contributed by atoms with van der Waals surface area (Å²) in [5.74, 6) is 0.163. The molecule has 0 aliphatic carbocycles. The van der Waals surface area contributed by atoms with Crippen molar-refractivity contribution in [2.45, 2.75) is 33.3 Å². The highest BCUT2D eigenvalue weighted by molar-refractivity contribution is 8.18. The summed E-state index contributed by atoms with van der Waals surface area (Å²) in [6, 6.07) is 12.0. The third-order valence-corrected chi connectivity index (χ3v) is 5.89. The van der Waals surface area contributed by atoms with Gasteiger partial charge in [-0.2, -0.15) is 0 Å². The molecule has 0 aromatic heterocycles. The highest BCUT2D eigenvalue weighted by Crippen LogP contribution is 2.35. The summed E-state index contributed by atoms with van der Waals surface area (Å²) in [6.45, 7) is 5.95. The lowest BCUT2D eigenvalue weighted by Crippen LogP contribution is -2.36. The lowest BCUT2D eigenvalue weighted by Gasteiger charge is -2.16. The first-order chi connectivity index (χ1) is 15.8. The molecule has 174 valence electrons. The second kappa shape index (κ2) is 11.2. The van der Waals surface area contributed by atoms with E-state index in [9.17, 15) is 14.4 Å². The predicted octanol–water partition coefficient (Wildman–Crippen LogP) is 5.59. The number of ether oxygens (including phenoxy) is 2. The van der Waals surface area contributed by atoms with Gasteiger partial charge in [0.05, 0.1) is 17.6 Å². The molecule has 1 heterocycles. The van der Waals surface area contributed by atoms with E-state index in [4.69, 9.17) is 21.1 Å². The summed E-state index contributed by atoms with van der Waals surface area (Å²) in [5.41, 5.74) is 1.17. The van der Waals surface area contributed by atoms with Gasteiger partial charge < -0.3 is 14.8 Å². The van der Waals surface area contributed by atoms with Crippen LogP contribution >= 0.6 is 23.4 Å². The summed E-state index contributed by atoms with van der Waals surface area (Å²) in [6.07, 6.45) is 2.49. The maximum absolute atomic E-state index is 12.8. The van der Waals surface area contributed by atoms with E-state index in [1.165, 1.54) is 0 Å². The van der Waals surface area contributed by atoms with Gasteiger partial charge >= 0.3 is 0 Å². The Morgan fingerprint density at radius 2 is 1.97 bits per heavy atom. The Morgan fingerprint density at radius 3 is 2.67 bits per heavy atom. The van der Waals surface area contributed by atoms with Crippen molar-refractivity contribution in [2.24, 2.45) is 0 Å². The molecule has 2 aromatic rings. The lowest BCUT2D eigenvalue weighted by molar-refractivity contribution is -0.127. The van der Waals surface area contributed by atoms with E-state index >= 15 is 0 Å². The van der Waals surface area contributed by atoms with Gasteiger partial charge in [-0.3, -0.25) is 19.3 Å². The molecule has 7 nitrogen and oxygen atoms in total. The fourth-order valence-electron chi connectivity index (χ4n) is 2.98. The molecule has 3 amide bonds. The predicted molar refractivity (Wildman–Crippen MR) is 131 cm³/mol. The van der Waals surface area contributed by atoms with Crippen LogP contribution in [0.2, 0.25) is 5.02 Å². The molecule has 33 heavy (non-hydrogen) atoms. The SMILES string of the molecule is CCOc1cc(/C=C2/SC(=O)N(CC(=O)Nc3cccc(Cl)c3)C2=O)ccc1O[C@@H](C)CC. The van der Waals surface area contributed by atoms with Gasteiger partial charge in [0.2, 0.25) is 5.91 Å². The molecule has 1 fully saturated rings. The summed E-state index contributed by atoms with van der Waals surface area (Å²) in [5, 5.41) is 2.60. The van der Waals surface area contributed by atoms with Crippen LogP contribution in [0.4, 0.5) is 10.5 Å². The summed E-state index contributed by atoms with van der Waals surface area (Å²) in [4.78, 5) is 38.7. The fourth-order valence-corrected chi connectivity index (χ4v) is 4.01. The van der Waals surface area contributed by atoms with Crippen LogP contribution in [0.3, 0.4) is 0 Å². The van der Waals surface area contributed by atoms with Crippen LogP contribution in [-0.2, 0) is 9.59 Å². The molecule has 1 N–H and O–H groups in total. The van der Waals surface area contributed by atoms with Crippen molar-refractivity contribution in [1.82, 2.24) is 4.90 Å². The zero-order chi connectivity index (χ0) is 24.0. The number of carbonyl (C=O) groups excluding carboxylic acids is 3. The normalized spacial score (nSPS) is 15.6. The molecule has 2 aromatic carbocycles. The topological polar surface area (TPSA) is 84.9 Å². The number of anilines is 1. The number of nitrogens with one attached hydrogen (secondary N) is 1. The molecular weight excluding hydrogens is 464 g/mol. The van der Waals surface area contributed by atoms with E-state index < -0.39 is 17.1 Å². The second-order valence-electron chi connectivity index (χ2n) is 7.30. The number of imide groups is 1. The minimum absolute atomic E-state index is 0.0320. The monoisotopic (exact) mass is 488 g/mol. The molecule has 0 saturated carbocycles. The van der Waals surface area contributed by atoms with Crippen molar-refractivity contribution >= 4 is 52.2 Å². The number of rotatable bonds is 9. The number of amides is 3. The third kappa shape index (κ3) is 6.52. The largest absolute Gasteiger partial charge is 0.490 e. The van der Waals surface area contributed by atoms with Gasteiger partial charge in [0.1, 0.15) is 6.54 Å². The fraction of sp³-hybridized carbons (Fsp3) is 0.292. The molecule has 0 spiro atoms. The molecular formula is C24H25ClN2O5S. The molecule has 0 bridgehead atoms. The van der Waals surface area contributed by atoms with E-state index in [1.54, 1.807) is 48.5 Å². The average molecular weight is 489 g/mol. The van der Waals surface area contributed by atoms with Crippen LogP contribution in [0.25, 0.3) is 6.08 Å². The molecule has 3 rings (SSSR count). The maximum Gasteiger partial charge on any atom is 0.294 e. The molecule has 0 radical (unpaired) electrons. The standard InChI is InChI=1S/C24H25ClN2O5S/c1-4-15(3)32-19-10-9-16(11-20(19)31-5-2)12-21-23(29)27(24(30)33-21)14-22(28)26-18-8-6-7-17(25)13-18/h6-13,15H,4-5,14H2,1-3H3,(H,26,28)/b21-12+/t15-/m0/s1. The van der Waals surface area contributed by atoms with Crippen LogP contribution in [0, 0.1) is 0 Å². The molecule has 9 heteroatoms. The zero-order valence-electron chi connectivity index (χ0n) is 18.6. The smallest absolute Gasteiger partial charge is 0.294 e. The quantitative estimate of drug-likeness (QED) is 0.463. The van der Waals surface area contributed by atoms with Crippen molar-refractivity contribution in [1.29, 1.82) is 0 Å². The number of halogens is 1. The Morgan fingerprint density at radius 1 is 1.18 bits per heavy atom. The van der Waals surface area contributed by atoms with Gasteiger partial charge in [-0.05, 0) is 74.0 Å². The van der Waals surface area contributed by atoms with Gasteiger partial charge in [0, 0.05) is 10.7 Å². The lowest BCUT2D eigenvalue weighted by atomic mass is 10.1. The van der Waals surface area contributed by atoms with Crippen LogP contribution in [0.15, 0.2) is 47.4 Å². The Kier molecular flexibility index (Phi) is 8.41. The minimum atomic E-state index is -0.524. The van der Waals surface area contributed by atoms with E-state index in [0.29, 0.717) is 34.4 Å². The maximum atomic E-state index is 12.8. The number of thioether (sulfide) groups is 1. The van der Waals surface area contributed by atoms with E-state index in [0.717, 1.165) is 23.1 Å². The second-order valence-corrected chi connectivity index (χ2v) is 8.73. The average Bonchev–Trinajstić information content (AvgIpc) is 3.02. The Balaban J connectivity index is 1.73. The first-order valence-corrected chi connectivity index (χ1v) is 11.7. The zero-order valence-corrected chi connectivity index (χ0v) is 20.2. The summed E-state index contributed by atoms with van der Waals surface area (Å²) >= 11 is 6.71. The first-order valence-electron chi connectivity index (χ1n) is 10.5. The van der Waals surface area contributed by atoms with Crippen LogP contribution in [0.1, 0.15) is 32.8 Å². The van der Waals surface area contributed by atoms with Crippen LogP contribution in [0.5, 0.6) is 11.5 Å². The molecule has 1 aliphatic heterocycles. The van der Waals surface area contributed by atoms with Crippen LogP contribution in [-0.4, -0.2) is 41.2 Å². The number of carbonyl (C=O) groups is 3. The summed E-state index contributed by atoms with van der Waals surface area (Å²) < 4.78 is 11.6. The Labute approximate surface area is 202 Å². The van der Waals surface area contributed by atoms with Gasteiger partial charge in [-0.15, -0.1) is 0 Å². The van der Waals surface area contributed by atoms with Crippen molar-refractivity contribution < 1.29 is 23.9 Å². The highest BCUT2D eigenvalue weighted by Gasteiger charge is 2.36. The third-order valence-electron chi connectivity index (χ3n) is 4.75. The molecule has 0 unspecified atom stereocenters. The van der Waals surface area contributed by atoms with Crippen molar-refractivity contribution in [3.05, 3.63) is 58.0 Å². The molecule has 1 atom stereocenters. The van der Waals surface area contributed by atoms with Gasteiger partial charge in [0.25, 0.3) is 11.1 Å². The van der Waals surface area contributed by atoms with Gasteiger partial charge in [-0.1, -0.05) is 30.7 Å². The Bertz CT molecular complexity index is 1090. The highest BCUT2D eigenvalue weighted by atomic mass is 35.5. The van der Waals surface area contributed by atoms with Gasteiger partial charge in [0.15, 0.2) is 11.5 Å². The van der Waals surface area contributed by atoms with E-state index in [2.05, 4.69) is 5.32 Å². The van der Waals surface area contributed by atoms with Crippen molar-refractivity contribution in [3.8, 4) is 11.5 Å². The van der Waals surface area contributed by atoms with Crippen molar-refractivity contribution in [2.75, 3.05) is 18.5 Å². The minimum Gasteiger partial charge on any atom is -0.490 e. The number of benzene rings is 2.